The highest BCUT2D eigenvalue weighted by Gasteiger charge is 2.28. The monoisotopic (exact) mass is 289 g/mol. The molecule has 108 valence electrons. The predicted octanol–water partition coefficient (Wildman–Crippen LogP) is 0.948. The Bertz CT molecular complexity index is 531. The van der Waals surface area contributed by atoms with E-state index < -0.39 is 22.0 Å². The fraction of sp³-hybridized carbons (Fsp3) is 0.636. The Morgan fingerprint density at radius 2 is 2.11 bits per heavy atom. The lowest BCUT2D eigenvalue weighted by molar-refractivity contribution is -0.139. The highest BCUT2D eigenvalue weighted by atomic mass is 32.2. The largest absolute Gasteiger partial charge is 0.480 e. The molecule has 0 spiro atoms. The third kappa shape index (κ3) is 3.77. The van der Waals surface area contributed by atoms with Crippen molar-refractivity contribution in [3.8, 4) is 0 Å². The van der Waals surface area contributed by atoms with E-state index in [1.165, 1.54) is 0 Å². The first-order valence-corrected chi connectivity index (χ1v) is 7.54. The minimum atomic E-state index is -3.88. The Balaban J connectivity index is 2.98. The fourth-order valence-electron chi connectivity index (χ4n) is 1.82. The first-order chi connectivity index (χ1) is 8.79. The quantitative estimate of drug-likeness (QED) is 0.691. The Morgan fingerprint density at radius 1 is 1.47 bits per heavy atom. The van der Waals surface area contributed by atoms with Crippen LogP contribution in [0.15, 0.2) is 4.90 Å². The molecule has 3 N–H and O–H groups in total. The smallest absolute Gasteiger partial charge is 0.321 e. The lowest BCUT2D eigenvalue weighted by Gasteiger charge is -2.14. The topological polar surface area (TPSA) is 112 Å². The molecule has 0 saturated heterocycles. The summed E-state index contributed by atoms with van der Waals surface area (Å²) in [5, 5.41) is 15.4. The molecule has 0 fully saturated rings. The van der Waals surface area contributed by atoms with Gasteiger partial charge >= 0.3 is 5.97 Å². The number of aliphatic carboxylic acids is 1. The van der Waals surface area contributed by atoms with E-state index in [9.17, 15) is 13.2 Å². The molecular formula is C11H19N3O4S. The van der Waals surface area contributed by atoms with Gasteiger partial charge in [-0.15, -0.1) is 0 Å². The molecule has 0 saturated carbocycles. The van der Waals surface area contributed by atoms with E-state index in [1.807, 2.05) is 6.92 Å². The van der Waals surface area contributed by atoms with Gasteiger partial charge in [0, 0.05) is 0 Å². The molecule has 0 aromatic carbocycles. The second-order valence-electron chi connectivity index (χ2n) is 4.42. The van der Waals surface area contributed by atoms with E-state index in [0.29, 0.717) is 17.8 Å². The summed E-state index contributed by atoms with van der Waals surface area (Å²) in [6.07, 6.45) is 1.71. The molecule has 0 aliphatic heterocycles. The number of nitrogens with zero attached hydrogens (tertiary/aromatic N) is 1. The highest BCUT2D eigenvalue weighted by Crippen LogP contribution is 2.17. The number of H-pyrrole nitrogens is 1. The molecular weight excluding hydrogens is 270 g/mol. The van der Waals surface area contributed by atoms with Gasteiger partial charge in [-0.1, -0.05) is 19.8 Å². The van der Waals surface area contributed by atoms with E-state index in [-0.39, 0.29) is 11.3 Å². The summed E-state index contributed by atoms with van der Waals surface area (Å²) in [7, 11) is -3.88. The number of carboxylic acid groups (broad SMARTS) is 1. The van der Waals surface area contributed by atoms with Crippen molar-refractivity contribution in [2.24, 2.45) is 0 Å². The minimum absolute atomic E-state index is 0.0234. The number of sulfonamides is 1. The van der Waals surface area contributed by atoms with Crippen LogP contribution in [-0.4, -0.2) is 35.7 Å². The van der Waals surface area contributed by atoms with Crippen LogP contribution < -0.4 is 4.72 Å². The third-order valence-corrected chi connectivity index (χ3v) is 4.50. The summed E-state index contributed by atoms with van der Waals surface area (Å²) >= 11 is 0. The van der Waals surface area contributed by atoms with Crippen LogP contribution in [-0.2, 0) is 14.8 Å². The van der Waals surface area contributed by atoms with Gasteiger partial charge in [0.1, 0.15) is 10.9 Å². The van der Waals surface area contributed by atoms with Gasteiger partial charge in [0.2, 0.25) is 10.0 Å². The average molecular weight is 289 g/mol. The van der Waals surface area contributed by atoms with Gasteiger partial charge in [-0.05, 0) is 20.3 Å². The molecule has 1 aromatic rings. The molecule has 0 aliphatic rings. The van der Waals surface area contributed by atoms with Crippen LogP contribution in [0.1, 0.15) is 37.6 Å². The van der Waals surface area contributed by atoms with Crippen molar-refractivity contribution in [2.75, 3.05) is 0 Å². The lowest BCUT2D eigenvalue weighted by atomic mass is 10.1. The van der Waals surface area contributed by atoms with Crippen LogP contribution >= 0.6 is 0 Å². The molecule has 0 radical (unpaired) electrons. The summed E-state index contributed by atoms with van der Waals surface area (Å²) in [5.74, 6) is -1.17. The van der Waals surface area contributed by atoms with Crippen LogP contribution in [0.25, 0.3) is 0 Å². The SMILES string of the molecule is CCCC[C@H](NS(=O)(=O)c1c(C)n[nH]c1C)C(=O)O. The van der Waals surface area contributed by atoms with E-state index in [4.69, 9.17) is 5.11 Å². The van der Waals surface area contributed by atoms with Crippen molar-refractivity contribution < 1.29 is 18.3 Å². The zero-order valence-corrected chi connectivity index (χ0v) is 12.0. The van der Waals surface area contributed by atoms with Gasteiger partial charge in [-0.2, -0.15) is 9.82 Å². The summed E-state index contributed by atoms with van der Waals surface area (Å²) < 4.78 is 26.6. The summed E-state index contributed by atoms with van der Waals surface area (Å²) in [5.41, 5.74) is 0.717. The lowest BCUT2D eigenvalue weighted by Crippen LogP contribution is -2.40. The maximum Gasteiger partial charge on any atom is 0.321 e. The van der Waals surface area contributed by atoms with Crippen molar-refractivity contribution in [2.45, 2.75) is 51.0 Å². The van der Waals surface area contributed by atoms with Crippen LogP contribution in [0.2, 0.25) is 0 Å². The molecule has 0 aliphatic carbocycles. The van der Waals surface area contributed by atoms with Gasteiger partial charge in [0.25, 0.3) is 0 Å². The maximum atomic E-state index is 12.2. The number of unbranched alkanes of at least 4 members (excludes halogenated alkanes) is 1. The van der Waals surface area contributed by atoms with Crippen LogP contribution in [0.3, 0.4) is 0 Å². The van der Waals surface area contributed by atoms with Gasteiger partial charge < -0.3 is 5.11 Å². The first kappa shape index (κ1) is 15.6. The molecule has 0 unspecified atom stereocenters. The number of nitrogens with one attached hydrogen (secondary N) is 2. The Hall–Kier alpha value is -1.41. The second-order valence-corrected chi connectivity index (χ2v) is 6.07. The van der Waals surface area contributed by atoms with Crippen LogP contribution in [0.5, 0.6) is 0 Å². The fourth-order valence-corrected chi connectivity index (χ4v) is 3.42. The zero-order chi connectivity index (χ0) is 14.6. The van der Waals surface area contributed by atoms with E-state index in [2.05, 4.69) is 14.9 Å². The molecule has 8 heteroatoms. The van der Waals surface area contributed by atoms with E-state index in [0.717, 1.165) is 6.42 Å². The maximum absolute atomic E-state index is 12.2. The summed E-state index contributed by atoms with van der Waals surface area (Å²) in [6, 6.07) is -1.11. The van der Waals surface area contributed by atoms with E-state index in [1.54, 1.807) is 13.8 Å². The van der Waals surface area contributed by atoms with Crippen molar-refractivity contribution in [3.05, 3.63) is 11.4 Å². The van der Waals surface area contributed by atoms with Gasteiger partial charge in [-0.3, -0.25) is 9.89 Å². The molecule has 19 heavy (non-hydrogen) atoms. The number of carbonyl (C=O) groups is 1. The van der Waals surface area contributed by atoms with Gasteiger partial charge in [0.05, 0.1) is 11.4 Å². The Kier molecular flexibility index (Phi) is 5.07. The minimum Gasteiger partial charge on any atom is -0.480 e. The number of aryl methyl sites for hydroxylation is 2. The van der Waals surface area contributed by atoms with Crippen molar-refractivity contribution in [3.63, 3.8) is 0 Å². The van der Waals surface area contributed by atoms with Crippen molar-refractivity contribution >= 4 is 16.0 Å². The van der Waals surface area contributed by atoms with Gasteiger partial charge in [0.15, 0.2) is 0 Å². The second kappa shape index (κ2) is 6.16. The predicted molar refractivity (Wildman–Crippen MR) is 69.3 cm³/mol. The van der Waals surface area contributed by atoms with Crippen molar-refractivity contribution in [1.29, 1.82) is 0 Å². The third-order valence-electron chi connectivity index (χ3n) is 2.77. The summed E-state index contributed by atoms with van der Waals surface area (Å²) in [6.45, 7) is 5.05. The number of aromatic amines is 1. The standard InChI is InChI=1S/C11H19N3O4S/c1-4-5-6-9(11(15)16)14-19(17,18)10-7(2)12-13-8(10)3/h9,14H,4-6H2,1-3H3,(H,12,13)(H,15,16)/t9-/m0/s1. The molecule has 0 amide bonds. The number of hydrogen-bond acceptors (Lipinski definition) is 4. The molecule has 1 rings (SSSR count). The average Bonchev–Trinajstić information content (AvgIpc) is 2.64. The molecule has 1 atom stereocenters. The van der Waals surface area contributed by atoms with Crippen LogP contribution in [0.4, 0.5) is 0 Å². The first-order valence-electron chi connectivity index (χ1n) is 6.06. The van der Waals surface area contributed by atoms with E-state index >= 15 is 0 Å². The van der Waals surface area contributed by atoms with Crippen LogP contribution in [0, 0.1) is 13.8 Å². The molecule has 7 nitrogen and oxygen atoms in total. The molecule has 1 heterocycles. The Labute approximate surface area is 112 Å². The Morgan fingerprint density at radius 3 is 2.53 bits per heavy atom. The highest BCUT2D eigenvalue weighted by molar-refractivity contribution is 7.89. The number of carboxylic acids is 1. The molecule has 0 bridgehead atoms. The number of rotatable bonds is 7. The number of hydrogen-bond donors (Lipinski definition) is 3. The number of aromatic nitrogens is 2. The normalized spacial score (nSPS) is 13.4. The zero-order valence-electron chi connectivity index (χ0n) is 11.2. The molecule has 1 aromatic heterocycles. The van der Waals surface area contributed by atoms with Gasteiger partial charge in [-0.25, -0.2) is 8.42 Å². The summed E-state index contributed by atoms with van der Waals surface area (Å²) in [4.78, 5) is 11.1. The van der Waals surface area contributed by atoms with Crippen molar-refractivity contribution in [1.82, 2.24) is 14.9 Å².